The largest absolute Gasteiger partial charge is 0.489 e. The standard InChI is InChI=1S/C19H19NO3/c1-3-19(20,18(21)22-2)13-15-9-11-17(12-10-15)23-14-16-7-5-4-6-8-16/h1,4-12H,13-14,20H2,2H3. The van der Waals surface area contributed by atoms with Crippen molar-refractivity contribution in [3.05, 3.63) is 65.7 Å². The Bertz CT molecular complexity index is 689. The van der Waals surface area contributed by atoms with Crippen LogP contribution in [0.5, 0.6) is 5.75 Å². The quantitative estimate of drug-likeness (QED) is 0.657. The fourth-order valence-electron chi connectivity index (χ4n) is 2.13. The van der Waals surface area contributed by atoms with Crippen LogP contribution in [0.4, 0.5) is 0 Å². The molecule has 0 spiro atoms. The highest BCUT2D eigenvalue weighted by molar-refractivity contribution is 5.85. The Morgan fingerprint density at radius 3 is 2.35 bits per heavy atom. The summed E-state index contributed by atoms with van der Waals surface area (Å²) < 4.78 is 10.4. The first-order valence-electron chi connectivity index (χ1n) is 7.18. The van der Waals surface area contributed by atoms with Crippen molar-refractivity contribution in [3.63, 3.8) is 0 Å². The van der Waals surface area contributed by atoms with E-state index in [1.165, 1.54) is 7.11 Å². The topological polar surface area (TPSA) is 61.5 Å². The number of rotatable bonds is 6. The van der Waals surface area contributed by atoms with E-state index < -0.39 is 11.5 Å². The number of esters is 1. The maximum Gasteiger partial charge on any atom is 0.338 e. The average molecular weight is 309 g/mol. The lowest BCUT2D eigenvalue weighted by Gasteiger charge is -2.20. The molecule has 23 heavy (non-hydrogen) atoms. The molecule has 2 aromatic carbocycles. The number of carbonyl (C=O) groups excluding carboxylic acids is 1. The average Bonchev–Trinajstić information content (AvgIpc) is 2.61. The molecule has 1 unspecified atom stereocenters. The van der Waals surface area contributed by atoms with Gasteiger partial charge < -0.3 is 15.2 Å². The summed E-state index contributed by atoms with van der Waals surface area (Å²) in [5.41, 5.74) is 6.39. The van der Waals surface area contributed by atoms with Gasteiger partial charge in [-0.2, -0.15) is 0 Å². The summed E-state index contributed by atoms with van der Waals surface area (Å²) in [6, 6.07) is 17.2. The van der Waals surface area contributed by atoms with Gasteiger partial charge >= 0.3 is 5.97 Å². The first-order chi connectivity index (χ1) is 11.1. The van der Waals surface area contributed by atoms with Crippen LogP contribution in [0.3, 0.4) is 0 Å². The van der Waals surface area contributed by atoms with Gasteiger partial charge in [0.2, 0.25) is 0 Å². The third kappa shape index (κ3) is 4.35. The molecule has 0 aliphatic rings. The number of ether oxygens (including phenoxy) is 2. The van der Waals surface area contributed by atoms with E-state index in [1.54, 1.807) is 0 Å². The molecule has 0 aromatic heterocycles. The molecule has 1 atom stereocenters. The molecule has 2 aromatic rings. The molecule has 4 heteroatoms. The Labute approximate surface area is 136 Å². The van der Waals surface area contributed by atoms with Crippen molar-refractivity contribution < 1.29 is 14.3 Å². The number of hydrogen-bond donors (Lipinski definition) is 1. The lowest BCUT2D eigenvalue weighted by atomic mass is 9.93. The minimum absolute atomic E-state index is 0.204. The number of benzene rings is 2. The van der Waals surface area contributed by atoms with Gasteiger partial charge in [0, 0.05) is 6.42 Å². The molecule has 0 radical (unpaired) electrons. The summed E-state index contributed by atoms with van der Waals surface area (Å²) in [6.07, 6.45) is 5.58. The van der Waals surface area contributed by atoms with Crippen LogP contribution in [0.25, 0.3) is 0 Å². The molecule has 0 heterocycles. The zero-order valence-electron chi connectivity index (χ0n) is 13.0. The highest BCUT2D eigenvalue weighted by atomic mass is 16.5. The summed E-state index contributed by atoms with van der Waals surface area (Å²) in [5, 5.41) is 0. The van der Waals surface area contributed by atoms with Crippen LogP contribution in [0, 0.1) is 12.3 Å². The lowest BCUT2D eigenvalue weighted by Crippen LogP contribution is -2.49. The summed E-state index contributed by atoms with van der Waals surface area (Å²) in [5.74, 6) is 2.43. The summed E-state index contributed by atoms with van der Waals surface area (Å²) in [4.78, 5) is 11.7. The second kappa shape index (κ2) is 7.48. The molecule has 0 aliphatic heterocycles. The number of hydrogen-bond acceptors (Lipinski definition) is 4. The Morgan fingerprint density at radius 1 is 1.13 bits per heavy atom. The lowest BCUT2D eigenvalue weighted by molar-refractivity contribution is -0.144. The minimum atomic E-state index is -1.46. The second-order valence-electron chi connectivity index (χ2n) is 5.20. The maximum absolute atomic E-state index is 11.7. The summed E-state index contributed by atoms with van der Waals surface area (Å²) in [7, 11) is 1.27. The third-order valence-electron chi connectivity index (χ3n) is 3.46. The van der Waals surface area contributed by atoms with Crippen molar-refractivity contribution in [2.45, 2.75) is 18.6 Å². The molecule has 0 saturated carbocycles. The Balaban J connectivity index is 1.99. The molecule has 0 amide bonds. The van der Waals surface area contributed by atoms with Crippen LogP contribution < -0.4 is 10.5 Å². The fraction of sp³-hybridized carbons (Fsp3) is 0.211. The molecule has 2 rings (SSSR count). The van der Waals surface area contributed by atoms with Crippen molar-refractivity contribution in [1.29, 1.82) is 0 Å². The van der Waals surface area contributed by atoms with Gasteiger partial charge in [-0.15, -0.1) is 6.42 Å². The molecule has 118 valence electrons. The third-order valence-corrected chi connectivity index (χ3v) is 3.46. The van der Waals surface area contributed by atoms with Crippen LogP contribution in [0.1, 0.15) is 11.1 Å². The van der Waals surface area contributed by atoms with Crippen molar-refractivity contribution in [2.75, 3.05) is 7.11 Å². The van der Waals surface area contributed by atoms with E-state index in [1.807, 2.05) is 54.6 Å². The first kappa shape index (κ1) is 16.6. The van der Waals surface area contributed by atoms with Gasteiger partial charge in [0.15, 0.2) is 5.54 Å². The number of methoxy groups -OCH3 is 1. The van der Waals surface area contributed by atoms with Gasteiger partial charge in [-0.3, -0.25) is 0 Å². The molecular formula is C19H19NO3. The molecule has 0 bridgehead atoms. The molecular weight excluding hydrogens is 290 g/mol. The summed E-state index contributed by atoms with van der Waals surface area (Å²) >= 11 is 0. The van der Waals surface area contributed by atoms with Crippen LogP contribution in [-0.4, -0.2) is 18.6 Å². The van der Waals surface area contributed by atoms with Crippen molar-refractivity contribution in [3.8, 4) is 18.1 Å². The van der Waals surface area contributed by atoms with E-state index in [9.17, 15) is 4.79 Å². The predicted octanol–water partition coefficient (Wildman–Crippen LogP) is 2.31. The van der Waals surface area contributed by atoms with Crippen LogP contribution in [0.2, 0.25) is 0 Å². The predicted molar refractivity (Wildman–Crippen MR) is 88.7 cm³/mol. The van der Waals surface area contributed by atoms with Gasteiger partial charge in [-0.1, -0.05) is 48.4 Å². The van der Waals surface area contributed by atoms with Gasteiger partial charge in [-0.25, -0.2) is 4.79 Å². The number of nitrogens with two attached hydrogens (primary N) is 1. The van der Waals surface area contributed by atoms with E-state index in [-0.39, 0.29) is 6.42 Å². The highest BCUT2D eigenvalue weighted by Gasteiger charge is 2.33. The van der Waals surface area contributed by atoms with E-state index in [0.717, 1.165) is 16.9 Å². The van der Waals surface area contributed by atoms with E-state index in [2.05, 4.69) is 10.7 Å². The zero-order valence-corrected chi connectivity index (χ0v) is 13.0. The van der Waals surface area contributed by atoms with Crippen LogP contribution in [0.15, 0.2) is 54.6 Å². The smallest absolute Gasteiger partial charge is 0.338 e. The van der Waals surface area contributed by atoms with Gasteiger partial charge in [0.1, 0.15) is 12.4 Å². The van der Waals surface area contributed by atoms with Crippen molar-refractivity contribution in [1.82, 2.24) is 0 Å². The zero-order chi connectivity index (χ0) is 16.7. The van der Waals surface area contributed by atoms with Crippen molar-refractivity contribution in [2.24, 2.45) is 5.73 Å². The Hall–Kier alpha value is -2.77. The van der Waals surface area contributed by atoms with E-state index in [0.29, 0.717) is 6.61 Å². The maximum atomic E-state index is 11.7. The Kier molecular flexibility index (Phi) is 5.40. The van der Waals surface area contributed by atoms with E-state index >= 15 is 0 Å². The molecule has 0 saturated heterocycles. The number of carbonyl (C=O) groups is 1. The fourth-order valence-corrected chi connectivity index (χ4v) is 2.13. The molecule has 4 nitrogen and oxygen atoms in total. The first-order valence-corrected chi connectivity index (χ1v) is 7.18. The van der Waals surface area contributed by atoms with E-state index in [4.69, 9.17) is 16.9 Å². The van der Waals surface area contributed by atoms with Crippen LogP contribution >= 0.6 is 0 Å². The van der Waals surface area contributed by atoms with Gasteiger partial charge in [0.05, 0.1) is 7.11 Å². The minimum Gasteiger partial charge on any atom is -0.489 e. The number of terminal acetylenes is 1. The second-order valence-corrected chi connectivity index (χ2v) is 5.20. The highest BCUT2D eigenvalue weighted by Crippen LogP contribution is 2.18. The monoisotopic (exact) mass is 309 g/mol. The van der Waals surface area contributed by atoms with Gasteiger partial charge in [-0.05, 0) is 23.3 Å². The molecule has 2 N–H and O–H groups in total. The molecule has 0 aliphatic carbocycles. The Morgan fingerprint density at radius 2 is 1.78 bits per heavy atom. The normalized spacial score (nSPS) is 12.7. The summed E-state index contributed by atoms with van der Waals surface area (Å²) in [6.45, 7) is 0.494. The molecule has 0 fully saturated rings. The van der Waals surface area contributed by atoms with Gasteiger partial charge in [0.25, 0.3) is 0 Å². The SMILES string of the molecule is C#CC(N)(Cc1ccc(OCc2ccccc2)cc1)C(=O)OC. The van der Waals surface area contributed by atoms with Crippen LogP contribution in [-0.2, 0) is 22.6 Å². The van der Waals surface area contributed by atoms with Crippen molar-refractivity contribution >= 4 is 5.97 Å².